The van der Waals surface area contributed by atoms with Crippen molar-refractivity contribution in [1.29, 1.82) is 0 Å². The van der Waals surface area contributed by atoms with Gasteiger partial charge in [0.25, 0.3) is 0 Å². The fourth-order valence-electron chi connectivity index (χ4n) is 3.71. The molecule has 0 N–H and O–H groups in total. The van der Waals surface area contributed by atoms with Gasteiger partial charge in [-0.2, -0.15) is 0 Å². The second-order valence-electron chi connectivity index (χ2n) is 6.76. The van der Waals surface area contributed by atoms with Crippen LogP contribution in [0.15, 0.2) is 36.5 Å². The molecule has 1 aromatic carbocycles. The smallest absolute Gasteiger partial charge is 0.152 e. The third kappa shape index (κ3) is 3.49. The number of unbranched alkanes of at least 4 members (excludes halogenated alkanes) is 1. The topological polar surface area (TPSA) is 24.3 Å². The molecule has 0 spiro atoms. The molecule has 0 aliphatic heterocycles. The lowest BCUT2D eigenvalue weighted by Crippen LogP contribution is -2.26. The molecule has 0 atom stereocenters. The Bertz CT molecular complexity index is 832. The third-order valence-electron chi connectivity index (χ3n) is 5.27. The number of anilines is 1. The van der Waals surface area contributed by atoms with Gasteiger partial charge in [-0.25, -0.2) is 4.98 Å². The Kier molecular flexibility index (Phi) is 5.59. The third-order valence-corrected chi connectivity index (χ3v) is 5.27. The summed E-state index contributed by atoms with van der Waals surface area (Å²) in [4.78, 5) is 9.50. The number of aromatic nitrogens is 2. The molecule has 0 bridgehead atoms. The highest BCUT2D eigenvalue weighted by molar-refractivity contribution is 6.11. The number of aryl methyl sites for hydroxylation is 1. The van der Waals surface area contributed by atoms with Crippen molar-refractivity contribution < 1.29 is 0 Å². The Labute approximate surface area is 151 Å². The largest absolute Gasteiger partial charge is 0.358 e. The van der Waals surface area contributed by atoms with Crippen molar-refractivity contribution in [3.05, 3.63) is 36.5 Å². The number of nitrogens with zero attached hydrogens (tertiary/aromatic N) is 4. The van der Waals surface area contributed by atoms with E-state index in [4.69, 9.17) is 4.98 Å². The Morgan fingerprint density at radius 1 is 0.960 bits per heavy atom. The lowest BCUT2D eigenvalue weighted by molar-refractivity contribution is 0.297. The van der Waals surface area contributed by atoms with Gasteiger partial charge in [0.15, 0.2) is 5.82 Å². The minimum atomic E-state index is 1.04. The van der Waals surface area contributed by atoms with Crippen LogP contribution in [0, 0.1) is 0 Å². The summed E-state index contributed by atoms with van der Waals surface area (Å²) < 4.78 is 2.28. The van der Waals surface area contributed by atoms with Crippen molar-refractivity contribution in [2.75, 3.05) is 38.1 Å². The maximum absolute atomic E-state index is 4.70. The molecule has 0 unspecified atom stereocenters. The monoisotopic (exact) mass is 338 g/mol. The number of hydrogen-bond acceptors (Lipinski definition) is 3. The summed E-state index contributed by atoms with van der Waals surface area (Å²) in [5, 5.41) is 2.59. The fourth-order valence-corrected chi connectivity index (χ4v) is 3.71. The normalized spacial score (nSPS) is 11.7. The number of rotatable bonds is 8. The molecule has 25 heavy (non-hydrogen) atoms. The van der Waals surface area contributed by atoms with Crippen LogP contribution in [0.3, 0.4) is 0 Å². The molecule has 0 saturated carbocycles. The van der Waals surface area contributed by atoms with E-state index in [-0.39, 0.29) is 0 Å². The summed E-state index contributed by atoms with van der Waals surface area (Å²) in [5.41, 5.74) is 2.50. The molecule has 0 radical (unpaired) electrons. The number of pyridine rings is 1. The second-order valence-corrected chi connectivity index (χ2v) is 6.76. The van der Waals surface area contributed by atoms with Crippen molar-refractivity contribution in [2.45, 2.75) is 26.7 Å². The van der Waals surface area contributed by atoms with Gasteiger partial charge in [-0.1, -0.05) is 32.0 Å². The lowest BCUT2D eigenvalue weighted by atomic mass is 10.2. The maximum atomic E-state index is 4.70. The van der Waals surface area contributed by atoms with Crippen molar-refractivity contribution >= 4 is 27.6 Å². The van der Waals surface area contributed by atoms with Gasteiger partial charge in [-0.05, 0) is 44.6 Å². The Morgan fingerprint density at radius 2 is 1.68 bits per heavy atom. The van der Waals surface area contributed by atoms with Gasteiger partial charge in [0, 0.05) is 43.1 Å². The van der Waals surface area contributed by atoms with Gasteiger partial charge in [0.2, 0.25) is 0 Å². The van der Waals surface area contributed by atoms with Crippen LogP contribution < -0.4 is 4.90 Å². The van der Waals surface area contributed by atoms with Crippen molar-refractivity contribution in [3.8, 4) is 0 Å². The average Bonchev–Trinajstić information content (AvgIpc) is 2.95. The molecular formula is C21H30N4. The molecule has 0 aliphatic carbocycles. The molecule has 134 valence electrons. The molecule has 3 rings (SSSR count). The first-order chi connectivity index (χ1) is 12.2. The Hall–Kier alpha value is -2.07. The van der Waals surface area contributed by atoms with Gasteiger partial charge < -0.3 is 14.4 Å². The summed E-state index contributed by atoms with van der Waals surface area (Å²) in [7, 11) is 4.31. The van der Waals surface area contributed by atoms with E-state index in [1.807, 2.05) is 6.20 Å². The first-order valence-corrected chi connectivity index (χ1v) is 9.43. The van der Waals surface area contributed by atoms with Gasteiger partial charge in [0.05, 0.1) is 5.52 Å². The van der Waals surface area contributed by atoms with Crippen molar-refractivity contribution in [2.24, 2.45) is 7.05 Å². The quantitative estimate of drug-likeness (QED) is 0.573. The maximum Gasteiger partial charge on any atom is 0.152 e. The van der Waals surface area contributed by atoms with E-state index in [1.54, 1.807) is 0 Å². The van der Waals surface area contributed by atoms with Crippen LogP contribution >= 0.6 is 0 Å². The van der Waals surface area contributed by atoms with Crippen LogP contribution in [0.1, 0.15) is 26.7 Å². The summed E-state index contributed by atoms with van der Waals surface area (Å²) >= 11 is 0. The fraction of sp³-hybridized carbons (Fsp3) is 0.476. The summed E-state index contributed by atoms with van der Waals surface area (Å²) in [6.07, 6.45) is 4.36. The van der Waals surface area contributed by atoms with Crippen LogP contribution in [0.5, 0.6) is 0 Å². The highest BCUT2D eigenvalue weighted by Crippen LogP contribution is 2.32. The molecule has 0 aliphatic rings. The van der Waals surface area contributed by atoms with Crippen molar-refractivity contribution in [1.82, 2.24) is 14.5 Å². The standard InChI is InChI=1S/C21H30N4/c1-5-25(6-2)16-10-9-15-23(3)21-20-18(13-14-22-21)17-11-7-8-12-19(17)24(20)4/h7-8,11-14H,5-6,9-10,15-16H2,1-4H3. The molecule has 2 heterocycles. The van der Waals surface area contributed by atoms with Crippen LogP contribution in [-0.4, -0.2) is 47.7 Å². The van der Waals surface area contributed by atoms with Crippen molar-refractivity contribution in [3.63, 3.8) is 0 Å². The summed E-state index contributed by atoms with van der Waals surface area (Å²) in [5.74, 6) is 1.08. The van der Waals surface area contributed by atoms with Crippen LogP contribution in [0.2, 0.25) is 0 Å². The highest BCUT2D eigenvalue weighted by atomic mass is 15.2. The predicted octanol–water partition coefficient (Wildman–Crippen LogP) is 4.28. The van der Waals surface area contributed by atoms with Crippen LogP contribution in [0.25, 0.3) is 21.8 Å². The summed E-state index contributed by atoms with van der Waals surface area (Å²) in [6.45, 7) is 8.98. The second kappa shape index (κ2) is 7.87. The number of para-hydroxylation sites is 1. The number of fused-ring (bicyclic) bond motifs is 3. The van der Waals surface area contributed by atoms with Crippen LogP contribution in [-0.2, 0) is 7.05 Å². The van der Waals surface area contributed by atoms with E-state index in [1.165, 1.54) is 41.2 Å². The average molecular weight is 338 g/mol. The molecular weight excluding hydrogens is 308 g/mol. The summed E-state index contributed by atoms with van der Waals surface area (Å²) in [6, 6.07) is 10.7. The zero-order valence-corrected chi connectivity index (χ0v) is 16.0. The van der Waals surface area contributed by atoms with E-state index in [9.17, 15) is 0 Å². The first kappa shape index (κ1) is 17.7. The molecule has 0 amide bonds. The predicted molar refractivity (Wildman–Crippen MR) is 109 cm³/mol. The minimum absolute atomic E-state index is 1.04. The van der Waals surface area contributed by atoms with Crippen LogP contribution in [0.4, 0.5) is 5.82 Å². The van der Waals surface area contributed by atoms with E-state index < -0.39 is 0 Å². The highest BCUT2D eigenvalue weighted by Gasteiger charge is 2.14. The lowest BCUT2D eigenvalue weighted by Gasteiger charge is -2.21. The Balaban J connectivity index is 1.79. The number of benzene rings is 1. The molecule has 3 aromatic rings. The van der Waals surface area contributed by atoms with E-state index in [0.29, 0.717) is 0 Å². The van der Waals surface area contributed by atoms with Gasteiger partial charge in [-0.3, -0.25) is 0 Å². The molecule has 4 nitrogen and oxygen atoms in total. The van der Waals surface area contributed by atoms with Gasteiger partial charge >= 0.3 is 0 Å². The minimum Gasteiger partial charge on any atom is -0.358 e. The molecule has 0 fully saturated rings. The van der Waals surface area contributed by atoms with E-state index in [2.05, 4.69) is 72.6 Å². The van der Waals surface area contributed by atoms with E-state index >= 15 is 0 Å². The zero-order valence-electron chi connectivity index (χ0n) is 16.0. The SMILES string of the molecule is CCN(CC)CCCCN(C)c1nccc2c3ccccc3n(C)c12. The van der Waals surface area contributed by atoms with Gasteiger partial charge in [0.1, 0.15) is 0 Å². The van der Waals surface area contributed by atoms with Gasteiger partial charge in [-0.15, -0.1) is 0 Å². The number of hydrogen-bond donors (Lipinski definition) is 0. The first-order valence-electron chi connectivity index (χ1n) is 9.43. The zero-order chi connectivity index (χ0) is 17.8. The molecule has 0 saturated heterocycles. The molecule has 2 aromatic heterocycles. The van der Waals surface area contributed by atoms with E-state index in [0.717, 1.165) is 25.5 Å². The molecule has 4 heteroatoms. The Morgan fingerprint density at radius 3 is 2.44 bits per heavy atom.